The van der Waals surface area contributed by atoms with Crippen molar-refractivity contribution >= 4 is 23.3 Å². The van der Waals surface area contributed by atoms with Crippen LogP contribution >= 0.6 is 0 Å². The summed E-state index contributed by atoms with van der Waals surface area (Å²) in [6.07, 6.45) is 0.161. The second kappa shape index (κ2) is 8.63. The first kappa shape index (κ1) is 20.7. The van der Waals surface area contributed by atoms with Crippen molar-refractivity contribution in [2.24, 2.45) is 5.92 Å². The standard InChI is InChI=1S/C24H26N4O3/c1-16-9-10-21(31-3)20(11-16)27-15-19(13-23(27)29)24(30)25-22-12-17(2)26-28(22)14-18-7-5-4-6-8-18/h4-12,19H,13-15H2,1-3H3,(H,25,30). The number of ether oxygens (including phenoxy) is 1. The van der Waals surface area contributed by atoms with Gasteiger partial charge in [-0.15, -0.1) is 0 Å². The fraction of sp³-hybridized carbons (Fsp3) is 0.292. The van der Waals surface area contributed by atoms with Gasteiger partial charge in [-0.25, -0.2) is 4.68 Å². The first-order valence-corrected chi connectivity index (χ1v) is 10.3. The second-order valence-electron chi connectivity index (χ2n) is 7.88. The van der Waals surface area contributed by atoms with Crippen LogP contribution < -0.4 is 15.0 Å². The van der Waals surface area contributed by atoms with Crippen molar-refractivity contribution in [1.82, 2.24) is 9.78 Å². The van der Waals surface area contributed by atoms with Crippen LogP contribution in [-0.4, -0.2) is 35.2 Å². The first-order chi connectivity index (χ1) is 14.9. The maximum Gasteiger partial charge on any atom is 0.230 e. The molecule has 3 aromatic rings. The van der Waals surface area contributed by atoms with Gasteiger partial charge < -0.3 is 15.0 Å². The Bertz CT molecular complexity index is 1110. The highest BCUT2D eigenvalue weighted by Gasteiger charge is 2.36. The third-order valence-corrected chi connectivity index (χ3v) is 5.45. The Hall–Kier alpha value is -3.61. The van der Waals surface area contributed by atoms with Crippen LogP contribution in [-0.2, 0) is 16.1 Å². The first-order valence-electron chi connectivity index (χ1n) is 10.3. The number of amides is 2. The fourth-order valence-corrected chi connectivity index (χ4v) is 3.88. The average molecular weight is 418 g/mol. The monoisotopic (exact) mass is 418 g/mol. The molecule has 4 rings (SSSR count). The molecule has 160 valence electrons. The summed E-state index contributed by atoms with van der Waals surface area (Å²) in [5, 5.41) is 7.48. The highest BCUT2D eigenvalue weighted by atomic mass is 16.5. The van der Waals surface area contributed by atoms with Crippen molar-refractivity contribution in [1.29, 1.82) is 0 Å². The molecule has 1 N–H and O–H groups in total. The molecule has 0 spiro atoms. The summed E-state index contributed by atoms with van der Waals surface area (Å²) in [6.45, 7) is 4.72. The number of carbonyl (C=O) groups is 2. The number of hydrogen-bond donors (Lipinski definition) is 1. The smallest absolute Gasteiger partial charge is 0.230 e. The highest BCUT2D eigenvalue weighted by molar-refractivity contribution is 6.04. The number of anilines is 2. The lowest BCUT2D eigenvalue weighted by atomic mass is 10.1. The summed E-state index contributed by atoms with van der Waals surface area (Å²) < 4.78 is 7.20. The molecular formula is C24H26N4O3. The van der Waals surface area contributed by atoms with E-state index < -0.39 is 5.92 Å². The van der Waals surface area contributed by atoms with E-state index in [1.165, 1.54) is 0 Å². The number of carbonyl (C=O) groups excluding carboxylic acids is 2. The van der Waals surface area contributed by atoms with Crippen LogP contribution in [0.3, 0.4) is 0 Å². The van der Waals surface area contributed by atoms with Crippen LogP contribution in [0.15, 0.2) is 54.6 Å². The van der Waals surface area contributed by atoms with Gasteiger partial charge in [-0.3, -0.25) is 9.59 Å². The van der Waals surface area contributed by atoms with Gasteiger partial charge in [-0.1, -0.05) is 36.4 Å². The molecule has 1 aromatic heterocycles. The minimum absolute atomic E-state index is 0.0852. The van der Waals surface area contributed by atoms with Gasteiger partial charge in [0.15, 0.2) is 0 Å². The predicted molar refractivity (Wildman–Crippen MR) is 119 cm³/mol. The molecule has 0 bridgehead atoms. The van der Waals surface area contributed by atoms with Gasteiger partial charge in [0.2, 0.25) is 11.8 Å². The molecule has 0 saturated carbocycles. The van der Waals surface area contributed by atoms with E-state index in [0.29, 0.717) is 30.3 Å². The molecule has 1 atom stereocenters. The number of nitrogens with one attached hydrogen (secondary N) is 1. The van der Waals surface area contributed by atoms with Crippen LogP contribution in [0.5, 0.6) is 5.75 Å². The Morgan fingerprint density at radius 1 is 1.16 bits per heavy atom. The normalized spacial score (nSPS) is 15.9. The Morgan fingerprint density at radius 2 is 1.94 bits per heavy atom. The van der Waals surface area contributed by atoms with E-state index in [-0.39, 0.29) is 18.2 Å². The van der Waals surface area contributed by atoms with E-state index >= 15 is 0 Å². The van der Waals surface area contributed by atoms with Gasteiger partial charge in [-0.2, -0.15) is 5.10 Å². The lowest BCUT2D eigenvalue weighted by Gasteiger charge is -2.20. The number of rotatable bonds is 6. The molecule has 31 heavy (non-hydrogen) atoms. The van der Waals surface area contributed by atoms with Gasteiger partial charge in [0.1, 0.15) is 11.6 Å². The molecular weight excluding hydrogens is 392 g/mol. The predicted octanol–water partition coefficient (Wildman–Crippen LogP) is 3.55. The third kappa shape index (κ3) is 4.45. The van der Waals surface area contributed by atoms with Crippen molar-refractivity contribution < 1.29 is 14.3 Å². The summed E-state index contributed by atoms with van der Waals surface area (Å²) in [4.78, 5) is 27.4. The van der Waals surface area contributed by atoms with E-state index in [0.717, 1.165) is 16.8 Å². The zero-order valence-electron chi connectivity index (χ0n) is 18.0. The minimum atomic E-state index is -0.446. The van der Waals surface area contributed by atoms with Gasteiger partial charge >= 0.3 is 0 Å². The van der Waals surface area contributed by atoms with Gasteiger partial charge in [0.25, 0.3) is 0 Å². The number of aryl methyl sites for hydroxylation is 2. The van der Waals surface area contributed by atoms with Gasteiger partial charge in [0.05, 0.1) is 31.0 Å². The lowest BCUT2D eigenvalue weighted by molar-refractivity contribution is -0.122. The van der Waals surface area contributed by atoms with Crippen LogP contribution in [0.4, 0.5) is 11.5 Å². The highest BCUT2D eigenvalue weighted by Crippen LogP contribution is 2.34. The molecule has 2 amide bonds. The van der Waals surface area contributed by atoms with Crippen LogP contribution in [0.25, 0.3) is 0 Å². The van der Waals surface area contributed by atoms with Crippen molar-refractivity contribution in [3.63, 3.8) is 0 Å². The van der Waals surface area contributed by atoms with E-state index in [1.54, 1.807) is 16.7 Å². The molecule has 1 saturated heterocycles. The summed E-state index contributed by atoms with van der Waals surface area (Å²) in [6, 6.07) is 17.5. The molecule has 2 aromatic carbocycles. The maximum atomic E-state index is 13.0. The summed E-state index contributed by atoms with van der Waals surface area (Å²) >= 11 is 0. The zero-order valence-corrected chi connectivity index (χ0v) is 18.0. The summed E-state index contributed by atoms with van der Waals surface area (Å²) in [5.74, 6) is 0.537. The van der Waals surface area contributed by atoms with Crippen molar-refractivity contribution in [3.8, 4) is 5.75 Å². The third-order valence-electron chi connectivity index (χ3n) is 5.45. The summed E-state index contributed by atoms with van der Waals surface area (Å²) in [7, 11) is 1.58. The second-order valence-corrected chi connectivity index (χ2v) is 7.88. The average Bonchev–Trinajstić information content (AvgIpc) is 3.30. The quantitative estimate of drug-likeness (QED) is 0.664. The number of nitrogens with zero attached hydrogens (tertiary/aromatic N) is 3. The van der Waals surface area contributed by atoms with E-state index in [2.05, 4.69) is 10.4 Å². The van der Waals surface area contributed by atoms with Crippen LogP contribution in [0.2, 0.25) is 0 Å². The molecule has 7 nitrogen and oxygen atoms in total. The Kier molecular flexibility index (Phi) is 5.75. The topological polar surface area (TPSA) is 76.5 Å². The molecule has 1 fully saturated rings. The minimum Gasteiger partial charge on any atom is -0.495 e. The molecule has 1 aliphatic heterocycles. The molecule has 1 unspecified atom stereocenters. The SMILES string of the molecule is COc1ccc(C)cc1N1CC(C(=O)Nc2cc(C)nn2Cc2ccccc2)CC1=O. The lowest BCUT2D eigenvalue weighted by Crippen LogP contribution is -2.29. The zero-order chi connectivity index (χ0) is 22.0. The largest absolute Gasteiger partial charge is 0.495 e. The molecule has 1 aliphatic rings. The van der Waals surface area contributed by atoms with Crippen molar-refractivity contribution in [3.05, 3.63) is 71.4 Å². The number of benzene rings is 2. The summed E-state index contributed by atoms with van der Waals surface area (Å²) in [5.41, 5.74) is 3.64. The van der Waals surface area contributed by atoms with E-state index in [9.17, 15) is 9.59 Å². The fourth-order valence-electron chi connectivity index (χ4n) is 3.88. The number of aromatic nitrogens is 2. The van der Waals surface area contributed by atoms with Gasteiger partial charge in [0, 0.05) is 19.0 Å². The molecule has 0 radical (unpaired) electrons. The van der Waals surface area contributed by atoms with Crippen LogP contribution in [0, 0.1) is 19.8 Å². The van der Waals surface area contributed by atoms with Crippen molar-refractivity contribution in [2.45, 2.75) is 26.8 Å². The number of hydrogen-bond acceptors (Lipinski definition) is 4. The number of methoxy groups -OCH3 is 1. The van der Waals surface area contributed by atoms with E-state index in [1.807, 2.05) is 68.4 Å². The van der Waals surface area contributed by atoms with E-state index in [4.69, 9.17) is 4.74 Å². The Labute approximate surface area is 181 Å². The van der Waals surface area contributed by atoms with Crippen LogP contribution in [0.1, 0.15) is 23.2 Å². The van der Waals surface area contributed by atoms with Crippen molar-refractivity contribution in [2.75, 3.05) is 23.9 Å². The molecule has 2 heterocycles. The maximum absolute atomic E-state index is 13.0. The van der Waals surface area contributed by atoms with Gasteiger partial charge in [-0.05, 0) is 37.1 Å². The molecule has 7 heteroatoms. The Balaban J connectivity index is 1.49. The Morgan fingerprint density at radius 3 is 2.68 bits per heavy atom. The molecule has 0 aliphatic carbocycles.